The van der Waals surface area contributed by atoms with Gasteiger partial charge in [-0.05, 0) is 19.3 Å². The van der Waals surface area contributed by atoms with Crippen LogP contribution in [0.25, 0.3) is 0 Å². The van der Waals surface area contributed by atoms with E-state index in [1.165, 1.54) is 12.0 Å². The summed E-state index contributed by atoms with van der Waals surface area (Å²) >= 11 is 0. The molecule has 0 heterocycles. The van der Waals surface area contributed by atoms with Gasteiger partial charge in [0.15, 0.2) is 0 Å². The largest absolute Gasteiger partial charge is 0.0856 e. The molecule has 0 amide bonds. The topological polar surface area (TPSA) is 0 Å². The molecule has 0 bridgehead atoms. The van der Waals surface area contributed by atoms with E-state index in [1.54, 1.807) is 0 Å². The summed E-state index contributed by atoms with van der Waals surface area (Å²) in [5.41, 5.74) is 1.51. The van der Waals surface area contributed by atoms with Crippen LogP contribution in [0, 0.1) is 5.92 Å². The quantitative estimate of drug-likeness (QED) is 0.511. The minimum Gasteiger partial charge on any atom is -0.0856 e. The van der Waals surface area contributed by atoms with Crippen LogP contribution in [-0.2, 0) is 0 Å². The average molecular weight is 142 g/mol. The van der Waals surface area contributed by atoms with Crippen LogP contribution in [0.1, 0.15) is 48.0 Å². The first-order chi connectivity index (χ1) is 4.68. The van der Waals surface area contributed by atoms with Crippen LogP contribution in [0.3, 0.4) is 0 Å². The first kappa shape index (κ1) is 12.4. The summed E-state index contributed by atoms with van der Waals surface area (Å²) in [6, 6.07) is 0. The van der Waals surface area contributed by atoms with Gasteiger partial charge in [-0.15, -0.1) is 0 Å². The van der Waals surface area contributed by atoms with Crippen molar-refractivity contribution in [2.75, 3.05) is 0 Å². The van der Waals surface area contributed by atoms with Crippen LogP contribution in [-0.4, -0.2) is 0 Å². The Bertz CT molecular complexity index is 78.0. The predicted octanol–water partition coefficient (Wildman–Crippen LogP) is 4.02. The minimum atomic E-state index is 0.731. The lowest BCUT2D eigenvalue weighted by molar-refractivity contribution is 0.763. The Morgan fingerprint density at radius 1 is 1.30 bits per heavy atom. The maximum absolute atomic E-state index is 2.28. The van der Waals surface area contributed by atoms with Crippen molar-refractivity contribution in [3.05, 3.63) is 11.6 Å². The molecule has 0 aliphatic carbocycles. The highest BCUT2D eigenvalue weighted by atomic mass is 14.0. The van der Waals surface area contributed by atoms with Crippen molar-refractivity contribution in [1.29, 1.82) is 0 Å². The Morgan fingerprint density at radius 2 is 1.70 bits per heavy atom. The van der Waals surface area contributed by atoms with Crippen molar-refractivity contribution in [2.45, 2.75) is 48.0 Å². The van der Waals surface area contributed by atoms with Gasteiger partial charge in [-0.1, -0.05) is 46.3 Å². The van der Waals surface area contributed by atoms with Crippen LogP contribution in [0.4, 0.5) is 0 Å². The normalized spacial score (nSPS) is 10.9. The summed E-state index contributed by atoms with van der Waals surface area (Å²) in [7, 11) is 0. The lowest BCUT2D eigenvalue weighted by Crippen LogP contribution is -1.86. The van der Waals surface area contributed by atoms with Crippen LogP contribution >= 0.6 is 0 Å². The number of rotatable bonds is 2. The van der Waals surface area contributed by atoms with E-state index in [0.717, 1.165) is 5.92 Å². The van der Waals surface area contributed by atoms with Crippen LogP contribution < -0.4 is 0 Å². The average Bonchev–Trinajstić information content (AvgIpc) is 1.93. The zero-order valence-corrected chi connectivity index (χ0v) is 8.36. The second-order valence-electron chi connectivity index (χ2n) is 2.51. The van der Waals surface area contributed by atoms with Gasteiger partial charge in [0.05, 0.1) is 0 Å². The van der Waals surface area contributed by atoms with E-state index >= 15 is 0 Å². The molecule has 0 N–H and O–H groups in total. The number of hydrogen-bond acceptors (Lipinski definition) is 0. The first-order valence-corrected chi connectivity index (χ1v) is 4.35. The third-order valence-corrected chi connectivity index (χ3v) is 1.44. The van der Waals surface area contributed by atoms with Gasteiger partial charge in [0.1, 0.15) is 0 Å². The third kappa shape index (κ3) is 7.74. The van der Waals surface area contributed by atoms with Crippen molar-refractivity contribution >= 4 is 0 Å². The zero-order chi connectivity index (χ0) is 8.57. The Morgan fingerprint density at radius 3 is 1.80 bits per heavy atom. The van der Waals surface area contributed by atoms with Gasteiger partial charge in [0.25, 0.3) is 0 Å². The highest BCUT2D eigenvalue weighted by molar-refractivity contribution is 4.99. The second kappa shape index (κ2) is 8.74. The Kier molecular flexibility index (Phi) is 10.9. The molecule has 0 atom stereocenters. The third-order valence-electron chi connectivity index (χ3n) is 1.44. The SMILES string of the molecule is CC.CC/C=C(/C)C(C)C. The molecule has 0 fully saturated rings. The molecule has 0 nitrogen and oxygen atoms in total. The van der Waals surface area contributed by atoms with Gasteiger partial charge >= 0.3 is 0 Å². The van der Waals surface area contributed by atoms with Gasteiger partial charge in [-0.25, -0.2) is 0 Å². The summed E-state index contributed by atoms with van der Waals surface area (Å²) in [6.07, 6.45) is 3.45. The summed E-state index contributed by atoms with van der Waals surface area (Å²) < 4.78 is 0. The Labute approximate surface area is 66.3 Å². The van der Waals surface area contributed by atoms with Crippen molar-refractivity contribution in [3.63, 3.8) is 0 Å². The molecule has 0 radical (unpaired) electrons. The van der Waals surface area contributed by atoms with E-state index in [-0.39, 0.29) is 0 Å². The molecule has 0 saturated carbocycles. The maximum atomic E-state index is 2.28. The fraction of sp³-hybridized carbons (Fsp3) is 0.800. The lowest BCUT2D eigenvalue weighted by Gasteiger charge is -2.01. The van der Waals surface area contributed by atoms with Crippen molar-refractivity contribution < 1.29 is 0 Å². The van der Waals surface area contributed by atoms with Gasteiger partial charge in [0, 0.05) is 0 Å². The summed E-state index contributed by atoms with van der Waals surface area (Å²) in [5.74, 6) is 0.731. The molecule has 0 spiro atoms. The smallest absolute Gasteiger partial charge is 0.0263 e. The monoisotopic (exact) mass is 142 g/mol. The van der Waals surface area contributed by atoms with Crippen molar-refractivity contribution in [3.8, 4) is 0 Å². The first-order valence-electron chi connectivity index (χ1n) is 4.35. The van der Waals surface area contributed by atoms with Gasteiger partial charge in [-0.2, -0.15) is 0 Å². The second-order valence-corrected chi connectivity index (χ2v) is 2.51. The summed E-state index contributed by atoms with van der Waals surface area (Å²) in [5, 5.41) is 0. The highest BCUT2D eigenvalue weighted by Gasteiger charge is 1.91. The molecular formula is C10H22. The highest BCUT2D eigenvalue weighted by Crippen LogP contribution is 2.07. The Hall–Kier alpha value is -0.260. The lowest BCUT2D eigenvalue weighted by atomic mass is 10.0. The molecule has 0 aliphatic rings. The van der Waals surface area contributed by atoms with E-state index < -0.39 is 0 Å². The molecule has 0 unspecified atom stereocenters. The number of hydrogen-bond donors (Lipinski definition) is 0. The molecule has 0 aromatic heterocycles. The molecule has 62 valence electrons. The van der Waals surface area contributed by atoms with Gasteiger partial charge in [-0.3, -0.25) is 0 Å². The predicted molar refractivity (Wildman–Crippen MR) is 50.2 cm³/mol. The fourth-order valence-corrected chi connectivity index (χ4v) is 0.558. The molecule has 10 heavy (non-hydrogen) atoms. The molecule has 0 heteroatoms. The molecule has 0 saturated heterocycles. The molecule has 0 aromatic rings. The van der Waals surface area contributed by atoms with E-state index in [4.69, 9.17) is 0 Å². The van der Waals surface area contributed by atoms with E-state index in [0.29, 0.717) is 0 Å². The molecule has 0 aliphatic heterocycles. The number of allylic oxidation sites excluding steroid dienone is 2. The van der Waals surface area contributed by atoms with E-state index in [1.807, 2.05) is 13.8 Å². The minimum absolute atomic E-state index is 0.731. The van der Waals surface area contributed by atoms with E-state index in [2.05, 4.69) is 33.8 Å². The summed E-state index contributed by atoms with van der Waals surface area (Å²) in [6.45, 7) is 12.8. The van der Waals surface area contributed by atoms with Crippen LogP contribution in [0.2, 0.25) is 0 Å². The van der Waals surface area contributed by atoms with E-state index in [9.17, 15) is 0 Å². The van der Waals surface area contributed by atoms with Gasteiger partial charge in [0.2, 0.25) is 0 Å². The molecule has 0 rings (SSSR count). The van der Waals surface area contributed by atoms with Gasteiger partial charge < -0.3 is 0 Å². The maximum Gasteiger partial charge on any atom is -0.0263 e. The molecular weight excluding hydrogens is 120 g/mol. The Balaban J connectivity index is 0. The van der Waals surface area contributed by atoms with Crippen LogP contribution in [0.5, 0.6) is 0 Å². The van der Waals surface area contributed by atoms with Crippen molar-refractivity contribution in [2.24, 2.45) is 5.92 Å². The fourth-order valence-electron chi connectivity index (χ4n) is 0.558. The van der Waals surface area contributed by atoms with Crippen LogP contribution in [0.15, 0.2) is 11.6 Å². The van der Waals surface area contributed by atoms with Crippen molar-refractivity contribution in [1.82, 2.24) is 0 Å². The standard InChI is InChI=1S/C8H16.C2H6/c1-5-6-8(4)7(2)3;1-2/h6-7H,5H2,1-4H3;1-2H3/b8-6-;. The molecule has 0 aromatic carbocycles. The zero-order valence-electron chi connectivity index (χ0n) is 8.36. The summed E-state index contributed by atoms with van der Waals surface area (Å²) in [4.78, 5) is 0.